The summed E-state index contributed by atoms with van der Waals surface area (Å²) in [5, 5.41) is 0. The van der Waals surface area contributed by atoms with Crippen molar-refractivity contribution in [3.05, 3.63) is 71.3 Å². The second-order valence-corrected chi connectivity index (χ2v) is 7.36. The third-order valence-electron chi connectivity index (χ3n) is 6.30. The van der Waals surface area contributed by atoms with Crippen LogP contribution in [0.1, 0.15) is 41.6 Å². The Labute approximate surface area is 137 Å². The van der Waals surface area contributed by atoms with Crippen LogP contribution in [0.4, 0.5) is 0 Å². The van der Waals surface area contributed by atoms with Gasteiger partial charge < -0.3 is 0 Å². The van der Waals surface area contributed by atoms with Crippen LogP contribution in [-0.2, 0) is 6.42 Å². The number of benzene rings is 2. The molecule has 5 rings (SSSR count). The van der Waals surface area contributed by atoms with E-state index in [9.17, 15) is 4.79 Å². The summed E-state index contributed by atoms with van der Waals surface area (Å²) in [6.07, 6.45) is 7.75. The van der Waals surface area contributed by atoms with Crippen molar-refractivity contribution in [3.8, 4) is 11.1 Å². The largest absolute Gasteiger partial charge is 0.294 e. The van der Waals surface area contributed by atoms with Gasteiger partial charge in [0, 0.05) is 11.0 Å². The van der Waals surface area contributed by atoms with Crippen molar-refractivity contribution in [2.24, 2.45) is 11.3 Å². The van der Waals surface area contributed by atoms with Crippen LogP contribution in [0, 0.1) is 11.3 Å². The van der Waals surface area contributed by atoms with Crippen LogP contribution in [0.3, 0.4) is 0 Å². The molecule has 0 radical (unpaired) electrons. The van der Waals surface area contributed by atoms with Gasteiger partial charge in [0.15, 0.2) is 5.78 Å². The van der Waals surface area contributed by atoms with E-state index in [1.807, 2.05) is 6.07 Å². The van der Waals surface area contributed by atoms with Crippen LogP contribution in [0.2, 0.25) is 0 Å². The van der Waals surface area contributed by atoms with Crippen molar-refractivity contribution in [2.45, 2.75) is 32.1 Å². The molecule has 1 nitrogen and oxygen atoms in total. The minimum absolute atomic E-state index is 0.0770. The third-order valence-corrected chi connectivity index (χ3v) is 6.30. The van der Waals surface area contributed by atoms with Gasteiger partial charge in [-0.3, -0.25) is 4.79 Å². The van der Waals surface area contributed by atoms with Crippen LogP contribution >= 0.6 is 0 Å². The molecule has 2 unspecified atom stereocenters. The van der Waals surface area contributed by atoms with Crippen molar-refractivity contribution < 1.29 is 4.79 Å². The molecule has 114 valence electrons. The number of ketones is 1. The molecule has 3 aliphatic carbocycles. The number of carbonyl (C=O) groups excluding carboxylic acids is 1. The zero-order chi connectivity index (χ0) is 15.4. The van der Waals surface area contributed by atoms with Crippen LogP contribution in [0.5, 0.6) is 0 Å². The number of allylic oxidation sites excluding steroid dienone is 2. The van der Waals surface area contributed by atoms with Gasteiger partial charge in [0.2, 0.25) is 0 Å². The van der Waals surface area contributed by atoms with E-state index in [1.54, 1.807) is 0 Å². The molecule has 1 saturated carbocycles. The number of hydrogen-bond acceptors (Lipinski definition) is 1. The van der Waals surface area contributed by atoms with Gasteiger partial charge in [-0.15, -0.1) is 0 Å². The Morgan fingerprint density at radius 3 is 2.52 bits per heavy atom. The van der Waals surface area contributed by atoms with E-state index in [4.69, 9.17) is 0 Å². The average molecular weight is 300 g/mol. The van der Waals surface area contributed by atoms with Crippen molar-refractivity contribution in [1.29, 1.82) is 0 Å². The third kappa shape index (κ3) is 1.77. The van der Waals surface area contributed by atoms with Gasteiger partial charge in [-0.25, -0.2) is 0 Å². The van der Waals surface area contributed by atoms with Gasteiger partial charge in [0.05, 0.1) is 0 Å². The fourth-order valence-corrected chi connectivity index (χ4v) is 5.15. The molecule has 0 amide bonds. The second-order valence-electron chi connectivity index (χ2n) is 7.36. The van der Waals surface area contributed by atoms with Crippen LogP contribution in [0.25, 0.3) is 11.1 Å². The smallest absolute Gasteiger partial charge is 0.169 e. The predicted molar refractivity (Wildman–Crippen MR) is 92.4 cm³/mol. The molecule has 0 heterocycles. The van der Waals surface area contributed by atoms with E-state index >= 15 is 0 Å². The summed E-state index contributed by atoms with van der Waals surface area (Å²) in [6.45, 7) is 0. The number of rotatable bonds is 1. The van der Waals surface area contributed by atoms with Gasteiger partial charge in [0.1, 0.15) is 0 Å². The van der Waals surface area contributed by atoms with E-state index < -0.39 is 0 Å². The zero-order valence-electron chi connectivity index (χ0n) is 13.2. The van der Waals surface area contributed by atoms with Crippen molar-refractivity contribution in [1.82, 2.24) is 0 Å². The highest BCUT2D eigenvalue weighted by Gasteiger charge is 2.53. The monoisotopic (exact) mass is 300 g/mol. The fraction of sp³-hybridized carbons (Fsp3) is 0.318. The van der Waals surface area contributed by atoms with Crippen molar-refractivity contribution >= 4 is 5.78 Å². The summed E-state index contributed by atoms with van der Waals surface area (Å²) in [4.78, 5) is 13.4. The van der Waals surface area contributed by atoms with E-state index in [0.29, 0.717) is 11.7 Å². The molecule has 2 atom stereocenters. The Bertz CT molecular complexity index is 830. The summed E-state index contributed by atoms with van der Waals surface area (Å²) in [7, 11) is 0. The van der Waals surface area contributed by atoms with Crippen LogP contribution in [-0.4, -0.2) is 5.78 Å². The minimum Gasteiger partial charge on any atom is -0.294 e. The van der Waals surface area contributed by atoms with E-state index in [1.165, 1.54) is 28.7 Å². The van der Waals surface area contributed by atoms with E-state index in [2.05, 4.69) is 48.5 Å². The van der Waals surface area contributed by atoms with Crippen molar-refractivity contribution in [3.63, 3.8) is 0 Å². The molecule has 2 aromatic carbocycles. The number of carbonyl (C=O) groups is 1. The summed E-state index contributed by atoms with van der Waals surface area (Å²) < 4.78 is 0. The lowest BCUT2D eigenvalue weighted by Crippen LogP contribution is -2.39. The molecule has 0 saturated heterocycles. The molecular weight excluding hydrogens is 280 g/mol. The van der Waals surface area contributed by atoms with Crippen LogP contribution < -0.4 is 0 Å². The van der Waals surface area contributed by atoms with Crippen molar-refractivity contribution in [2.75, 3.05) is 0 Å². The lowest BCUT2D eigenvalue weighted by molar-refractivity contribution is 0.0671. The van der Waals surface area contributed by atoms with Gasteiger partial charge >= 0.3 is 0 Å². The van der Waals surface area contributed by atoms with E-state index in [0.717, 1.165) is 31.2 Å². The molecule has 0 N–H and O–H groups in total. The first-order valence-corrected chi connectivity index (χ1v) is 8.68. The lowest BCUT2D eigenvalue weighted by Gasteiger charge is -2.39. The highest BCUT2D eigenvalue weighted by molar-refractivity contribution is 6.05. The molecular formula is C22H20O. The van der Waals surface area contributed by atoms with E-state index in [-0.39, 0.29) is 5.41 Å². The molecule has 23 heavy (non-hydrogen) atoms. The summed E-state index contributed by atoms with van der Waals surface area (Å²) in [6, 6.07) is 16.8. The Morgan fingerprint density at radius 2 is 1.78 bits per heavy atom. The Morgan fingerprint density at radius 1 is 0.957 bits per heavy atom. The highest BCUT2D eigenvalue weighted by atomic mass is 16.1. The summed E-state index contributed by atoms with van der Waals surface area (Å²) in [5.41, 5.74) is 6.19. The first-order chi connectivity index (χ1) is 11.3. The number of fused-ring (bicyclic) bond motifs is 4. The minimum atomic E-state index is -0.0770. The molecule has 0 aromatic heterocycles. The predicted octanol–water partition coefficient (Wildman–Crippen LogP) is 5.21. The zero-order valence-corrected chi connectivity index (χ0v) is 13.2. The molecule has 2 aromatic rings. The molecule has 1 heteroatoms. The Kier molecular flexibility index (Phi) is 2.70. The molecule has 3 aliphatic rings. The lowest BCUT2D eigenvalue weighted by atomic mass is 9.62. The maximum absolute atomic E-state index is 13.4. The molecule has 0 aliphatic heterocycles. The fourth-order valence-electron chi connectivity index (χ4n) is 5.15. The number of hydrogen-bond donors (Lipinski definition) is 0. The normalized spacial score (nSPS) is 28.1. The summed E-state index contributed by atoms with van der Waals surface area (Å²) in [5.74, 6) is 0.989. The topological polar surface area (TPSA) is 17.1 Å². The maximum Gasteiger partial charge on any atom is 0.169 e. The van der Waals surface area contributed by atoms with Gasteiger partial charge in [-0.05, 0) is 54.7 Å². The van der Waals surface area contributed by atoms with Gasteiger partial charge in [0.25, 0.3) is 0 Å². The van der Waals surface area contributed by atoms with Gasteiger partial charge in [-0.1, -0.05) is 60.2 Å². The Balaban J connectivity index is 1.63. The number of Topliss-reactive ketones (excluding diaryl/α,β-unsaturated/α-hetero) is 1. The second kappa shape index (κ2) is 4.67. The maximum atomic E-state index is 13.4. The average Bonchev–Trinajstić information content (AvgIpc) is 3.20. The molecule has 1 spiro atoms. The highest BCUT2D eigenvalue weighted by Crippen LogP contribution is 2.58. The van der Waals surface area contributed by atoms with Gasteiger partial charge in [-0.2, -0.15) is 0 Å². The van der Waals surface area contributed by atoms with Crippen LogP contribution in [0.15, 0.2) is 60.2 Å². The standard InChI is InChI=1S/C22H20O/c23-21-20-8-4-7-18(16-5-2-1-3-6-16)19(20)11-12-22(21)14-15-9-10-17(22)13-15/h1-9,17H,10-14H2. The first kappa shape index (κ1) is 13.3. The first-order valence-electron chi connectivity index (χ1n) is 8.68. The Hall–Kier alpha value is -2.15. The quantitative estimate of drug-likeness (QED) is 0.661. The SMILES string of the molecule is O=C1c2cccc(-c3ccccc3)c2CCC12CC1=CCC2C1. The molecule has 1 fully saturated rings. The summed E-state index contributed by atoms with van der Waals surface area (Å²) >= 11 is 0. The molecule has 2 bridgehead atoms.